The zero-order valence-corrected chi connectivity index (χ0v) is 12.6. The number of hydrogen-bond acceptors (Lipinski definition) is 2. The average molecular weight is 279 g/mol. The number of aliphatic hydroxyl groups excluding tert-OH is 1. The fraction of sp³-hybridized carbons (Fsp3) is 0.647. The van der Waals surface area contributed by atoms with Crippen molar-refractivity contribution in [2.75, 3.05) is 7.05 Å². The van der Waals surface area contributed by atoms with Crippen molar-refractivity contribution in [2.45, 2.75) is 57.7 Å². The minimum Gasteiger partial charge on any atom is -0.391 e. The van der Waals surface area contributed by atoms with Crippen LogP contribution >= 0.6 is 0 Å². The van der Waals surface area contributed by atoms with Crippen LogP contribution in [-0.4, -0.2) is 29.2 Å². The summed E-state index contributed by atoms with van der Waals surface area (Å²) < 4.78 is 13.7. The quantitative estimate of drug-likeness (QED) is 0.890. The van der Waals surface area contributed by atoms with Crippen LogP contribution in [0.4, 0.5) is 4.39 Å². The molecule has 3 unspecified atom stereocenters. The molecule has 1 aliphatic rings. The van der Waals surface area contributed by atoms with Gasteiger partial charge in [-0.15, -0.1) is 0 Å². The lowest BCUT2D eigenvalue weighted by Crippen LogP contribution is -2.45. The second-order valence-corrected chi connectivity index (χ2v) is 6.11. The van der Waals surface area contributed by atoms with Crippen molar-refractivity contribution in [1.29, 1.82) is 0 Å². The van der Waals surface area contributed by atoms with Gasteiger partial charge in [0.2, 0.25) is 0 Å². The molecule has 0 radical (unpaired) electrons. The molecular formula is C17H26FNO. The minimum absolute atomic E-state index is 0.153. The van der Waals surface area contributed by atoms with Crippen molar-refractivity contribution < 1.29 is 9.50 Å². The van der Waals surface area contributed by atoms with E-state index in [2.05, 4.69) is 11.8 Å². The van der Waals surface area contributed by atoms with E-state index in [0.29, 0.717) is 18.0 Å². The summed E-state index contributed by atoms with van der Waals surface area (Å²) in [6, 6.07) is 7.06. The second-order valence-electron chi connectivity index (χ2n) is 6.11. The Bertz CT molecular complexity index is 423. The number of hydrogen-bond donors (Lipinski definition) is 1. The Morgan fingerprint density at radius 1 is 1.30 bits per heavy atom. The maximum Gasteiger partial charge on any atom is 0.127 e. The fourth-order valence-electron chi connectivity index (χ4n) is 3.37. The number of halogens is 1. The van der Waals surface area contributed by atoms with Crippen molar-refractivity contribution in [3.8, 4) is 0 Å². The molecule has 0 spiro atoms. The molecule has 0 aromatic heterocycles. The number of nitrogens with zero attached hydrogens (tertiary/aromatic N) is 1. The standard InChI is InChI=1S/C17H26FNO/c1-3-6-13-9-10-17(20)16(11-13)19(2)12-14-7-4-5-8-15(14)18/h4-5,7-8,13,16-17,20H,3,6,9-12H2,1-2H3. The van der Waals surface area contributed by atoms with E-state index in [4.69, 9.17) is 0 Å². The molecule has 1 N–H and O–H groups in total. The molecule has 1 fully saturated rings. The van der Waals surface area contributed by atoms with Gasteiger partial charge >= 0.3 is 0 Å². The molecule has 0 bridgehead atoms. The molecule has 2 rings (SSSR count). The fourth-order valence-corrected chi connectivity index (χ4v) is 3.37. The molecular weight excluding hydrogens is 253 g/mol. The van der Waals surface area contributed by atoms with Crippen LogP contribution in [0.2, 0.25) is 0 Å². The van der Waals surface area contributed by atoms with Gasteiger partial charge in [0.25, 0.3) is 0 Å². The largest absolute Gasteiger partial charge is 0.391 e. The molecule has 2 nitrogen and oxygen atoms in total. The van der Waals surface area contributed by atoms with Crippen LogP contribution in [0.5, 0.6) is 0 Å². The number of likely N-dealkylation sites (N-methyl/N-ethyl adjacent to an activating group) is 1. The van der Waals surface area contributed by atoms with E-state index in [0.717, 1.165) is 19.3 Å². The first-order valence-corrected chi connectivity index (χ1v) is 7.73. The lowest BCUT2D eigenvalue weighted by atomic mass is 9.81. The van der Waals surface area contributed by atoms with Crippen LogP contribution in [0.25, 0.3) is 0 Å². The molecule has 1 aliphatic carbocycles. The van der Waals surface area contributed by atoms with E-state index in [1.54, 1.807) is 6.07 Å². The second kappa shape index (κ2) is 7.19. The highest BCUT2D eigenvalue weighted by Crippen LogP contribution is 2.31. The summed E-state index contributed by atoms with van der Waals surface area (Å²) in [7, 11) is 1.99. The monoisotopic (exact) mass is 279 g/mol. The summed E-state index contributed by atoms with van der Waals surface area (Å²) in [6.07, 6.45) is 5.18. The summed E-state index contributed by atoms with van der Waals surface area (Å²) in [6.45, 7) is 2.77. The highest BCUT2D eigenvalue weighted by Gasteiger charge is 2.31. The van der Waals surface area contributed by atoms with Crippen LogP contribution in [0.1, 0.15) is 44.6 Å². The number of rotatable bonds is 5. The van der Waals surface area contributed by atoms with E-state index in [1.807, 2.05) is 19.2 Å². The van der Waals surface area contributed by atoms with E-state index in [-0.39, 0.29) is 18.0 Å². The third-order valence-corrected chi connectivity index (χ3v) is 4.53. The van der Waals surface area contributed by atoms with E-state index in [1.165, 1.54) is 18.9 Å². The Labute approximate surface area is 121 Å². The van der Waals surface area contributed by atoms with Crippen molar-refractivity contribution in [2.24, 2.45) is 5.92 Å². The van der Waals surface area contributed by atoms with Crippen LogP contribution < -0.4 is 0 Å². The molecule has 3 heteroatoms. The highest BCUT2D eigenvalue weighted by atomic mass is 19.1. The molecule has 1 aromatic carbocycles. The number of aliphatic hydroxyl groups is 1. The summed E-state index contributed by atoms with van der Waals surface area (Å²) in [5, 5.41) is 10.2. The van der Waals surface area contributed by atoms with Gasteiger partial charge in [-0.2, -0.15) is 0 Å². The van der Waals surface area contributed by atoms with Crippen LogP contribution in [0, 0.1) is 11.7 Å². The van der Waals surface area contributed by atoms with E-state index < -0.39 is 0 Å². The van der Waals surface area contributed by atoms with Gasteiger partial charge in [0.15, 0.2) is 0 Å². The molecule has 112 valence electrons. The predicted octanol–water partition coefficient (Wildman–Crippen LogP) is 3.59. The lowest BCUT2D eigenvalue weighted by molar-refractivity contribution is 0.00921. The molecule has 0 heterocycles. The summed E-state index contributed by atoms with van der Waals surface area (Å²) in [5.74, 6) is 0.547. The molecule has 1 saturated carbocycles. The maximum absolute atomic E-state index is 13.7. The Kier molecular flexibility index (Phi) is 5.55. The van der Waals surface area contributed by atoms with Gasteiger partial charge < -0.3 is 5.11 Å². The molecule has 3 atom stereocenters. The first-order valence-electron chi connectivity index (χ1n) is 7.73. The summed E-state index contributed by atoms with van der Waals surface area (Å²) in [5.41, 5.74) is 0.708. The van der Waals surface area contributed by atoms with Crippen molar-refractivity contribution >= 4 is 0 Å². The third kappa shape index (κ3) is 3.80. The average Bonchev–Trinajstić information content (AvgIpc) is 2.43. The topological polar surface area (TPSA) is 23.5 Å². The summed E-state index contributed by atoms with van der Waals surface area (Å²) in [4.78, 5) is 2.12. The van der Waals surface area contributed by atoms with Gasteiger partial charge in [0.05, 0.1) is 6.10 Å². The van der Waals surface area contributed by atoms with Crippen molar-refractivity contribution in [1.82, 2.24) is 4.90 Å². The minimum atomic E-state index is -0.278. The smallest absolute Gasteiger partial charge is 0.127 e. The SMILES string of the molecule is CCCC1CCC(O)C(N(C)Cc2ccccc2F)C1. The van der Waals surface area contributed by atoms with Crippen molar-refractivity contribution in [3.63, 3.8) is 0 Å². The normalized spacial score (nSPS) is 26.9. The first kappa shape index (κ1) is 15.5. The zero-order chi connectivity index (χ0) is 14.5. The summed E-state index contributed by atoms with van der Waals surface area (Å²) >= 11 is 0. The molecule has 20 heavy (non-hydrogen) atoms. The Hall–Kier alpha value is -0.930. The van der Waals surface area contributed by atoms with Crippen LogP contribution in [-0.2, 0) is 6.54 Å². The zero-order valence-electron chi connectivity index (χ0n) is 12.6. The third-order valence-electron chi connectivity index (χ3n) is 4.53. The lowest BCUT2D eigenvalue weighted by Gasteiger charge is -2.39. The molecule has 0 saturated heterocycles. The molecule has 0 aliphatic heterocycles. The van der Waals surface area contributed by atoms with Gasteiger partial charge in [-0.1, -0.05) is 38.0 Å². The van der Waals surface area contributed by atoms with Gasteiger partial charge in [0.1, 0.15) is 5.82 Å². The van der Waals surface area contributed by atoms with Gasteiger partial charge in [-0.05, 0) is 38.3 Å². The number of benzene rings is 1. The van der Waals surface area contributed by atoms with E-state index >= 15 is 0 Å². The Balaban J connectivity index is 1.99. The van der Waals surface area contributed by atoms with Crippen molar-refractivity contribution in [3.05, 3.63) is 35.6 Å². The van der Waals surface area contributed by atoms with Crippen LogP contribution in [0.3, 0.4) is 0 Å². The van der Waals surface area contributed by atoms with Gasteiger partial charge in [0, 0.05) is 18.2 Å². The van der Waals surface area contributed by atoms with Gasteiger partial charge in [-0.3, -0.25) is 4.90 Å². The molecule has 1 aromatic rings. The first-order chi connectivity index (χ1) is 9.61. The maximum atomic E-state index is 13.7. The van der Waals surface area contributed by atoms with Gasteiger partial charge in [-0.25, -0.2) is 4.39 Å². The Morgan fingerprint density at radius 2 is 2.05 bits per heavy atom. The molecule has 0 amide bonds. The van der Waals surface area contributed by atoms with E-state index in [9.17, 15) is 9.50 Å². The predicted molar refractivity (Wildman–Crippen MR) is 79.9 cm³/mol. The highest BCUT2D eigenvalue weighted by molar-refractivity contribution is 5.17. The Morgan fingerprint density at radius 3 is 2.75 bits per heavy atom. The van der Waals surface area contributed by atoms with Crippen LogP contribution in [0.15, 0.2) is 24.3 Å².